The molecule has 0 unspecified atom stereocenters. The number of para-hydroxylation sites is 1. The van der Waals surface area contributed by atoms with E-state index in [1.165, 1.54) is 24.3 Å². The molecule has 0 saturated carbocycles. The summed E-state index contributed by atoms with van der Waals surface area (Å²) in [5.41, 5.74) is 1.48. The SMILES string of the molecule is NS(=O)(=O)c1ccc(NC(=O)[C@H]2Cc3ccccc3O2)cc1. The van der Waals surface area contributed by atoms with E-state index in [1.807, 2.05) is 24.3 Å². The van der Waals surface area contributed by atoms with Crippen LogP contribution in [-0.4, -0.2) is 20.4 Å². The maximum Gasteiger partial charge on any atom is 0.265 e. The van der Waals surface area contributed by atoms with Crippen LogP contribution in [0.4, 0.5) is 5.69 Å². The lowest BCUT2D eigenvalue weighted by atomic mass is 10.1. The highest BCUT2D eigenvalue weighted by atomic mass is 32.2. The Labute approximate surface area is 128 Å². The normalized spacial score (nSPS) is 16.7. The Balaban J connectivity index is 1.68. The predicted octanol–water partition coefficient (Wildman–Crippen LogP) is 1.28. The molecular formula is C15H14N2O4S. The van der Waals surface area contributed by atoms with Crippen LogP contribution in [0, 0.1) is 0 Å². The van der Waals surface area contributed by atoms with Crippen LogP contribution >= 0.6 is 0 Å². The minimum Gasteiger partial charge on any atom is -0.480 e. The molecule has 2 aromatic carbocycles. The lowest BCUT2D eigenvalue weighted by Gasteiger charge is -2.11. The average molecular weight is 318 g/mol. The molecule has 22 heavy (non-hydrogen) atoms. The van der Waals surface area contributed by atoms with Crippen LogP contribution in [0.5, 0.6) is 5.75 Å². The van der Waals surface area contributed by atoms with E-state index in [4.69, 9.17) is 9.88 Å². The summed E-state index contributed by atoms with van der Waals surface area (Å²) in [6.07, 6.45) is -0.0765. The number of nitrogens with two attached hydrogens (primary N) is 1. The number of ether oxygens (including phenoxy) is 1. The molecule has 1 aliphatic rings. The maximum absolute atomic E-state index is 12.2. The van der Waals surface area contributed by atoms with Gasteiger partial charge < -0.3 is 10.1 Å². The van der Waals surface area contributed by atoms with Crippen molar-refractivity contribution in [2.75, 3.05) is 5.32 Å². The van der Waals surface area contributed by atoms with Crippen LogP contribution in [0.25, 0.3) is 0 Å². The zero-order chi connectivity index (χ0) is 15.7. The summed E-state index contributed by atoms with van der Waals surface area (Å²) < 4.78 is 27.9. The smallest absolute Gasteiger partial charge is 0.265 e. The number of benzene rings is 2. The molecule has 1 amide bonds. The summed E-state index contributed by atoms with van der Waals surface area (Å²) >= 11 is 0. The number of carbonyl (C=O) groups is 1. The van der Waals surface area contributed by atoms with Crippen molar-refractivity contribution in [2.24, 2.45) is 5.14 Å². The number of hydrogen-bond acceptors (Lipinski definition) is 4. The van der Waals surface area contributed by atoms with Crippen LogP contribution in [0.15, 0.2) is 53.4 Å². The monoisotopic (exact) mass is 318 g/mol. The molecule has 0 aromatic heterocycles. The lowest BCUT2D eigenvalue weighted by Crippen LogP contribution is -2.31. The van der Waals surface area contributed by atoms with Gasteiger partial charge in [-0.05, 0) is 35.9 Å². The third kappa shape index (κ3) is 2.95. The topological polar surface area (TPSA) is 98.5 Å². The summed E-state index contributed by atoms with van der Waals surface area (Å²) in [4.78, 5) is 12.2. The molecule has 1 aliphatic heterocycles. The molecular weight excluding hydrogens is 304 g/mol. The Morgan fingerprint density at radius 3 is 2.45 bits per heavy atom. The molecule has 0 radical (unpaired) electrons. The first-order chi connectivity index (χ1) is 10.4. The second kappa shape index (κ2) is 5.43. The summed E-state index contributed by atoms with van der Waals surface area (Å²) in [5.74, 6) is 0.437. The summed E-state index contributed by atoms with van der Waals surface area (Å²) in [7, 11) is -3.74. The van der Waals surface area contributed by atoms with E-state index in [0.29, 0.717) is 17.9 Å². The number of carbonyl (C=O) groups excluding carboxylic acids is 1. The van der Waals surface area contributed by atoms with Gasteiger partial charge in [-0.3, -0.25) is 4.79 Å². The number of primary sulfonamides is 1. The number of rotatable bonds is 3. The number of hydrogen-bond donors (Lipinski definition) is 2. The minimum absolute atomic E-state index is 0.00461. The first-order valence-electron chi connectivity index (χ1n) is 6.62. The average Bonchev–Trinajstić information content (AvgIpc) is 2.91. The van der Waals surface area contributed by atoms with Gasteiger partial charge in [0, 0.05) is 12.1 Å². The highest BCUT2D eigenvalue weighted by molar-refractivity contribution is 7.89. The molecule has 6 nitrogen and oxygen atoms in total. The van der Waals surface area contributed by atoms with Gasteiger partial charge in [-0.25, -0.2) is 13.6 Å². The zero-order valence-electron chi connectivity index (χ0n) is 11.5. The summed E-state index contributed by atoms with van der Waals surface area (Å²) in [6, 6.07) is 13.1. The standard InChI is InChI=1S/C15H14N2O4S/c16-22(19,20)12-7-5-11(6-8-12)17-15(18)14-9-10-3-1-2-4-13(10)21-14/h1-8,14H,9H2,(H,17,18)(H2,16,19,20)/t14-/m1/s1. The highest BCUT2D eigenvalue weighted by Crippen LogP contribution is 2.28. The Hall–Kier alpha value is -2.38. The van der Waals surface area contributed by atoms with E-state index >= 15 is 0 Å². The minimum atomic E-state index is -3.74. The van der Waals surface area contributed by atoms with Crippen molar-refractivity contribution >= 4 is 21.6 Å². The first-order valence-corrected chi connectivity index (χ1v) is 8.16. The number of nitrogens with one attached hydrogen (secondary N) is 1. The fourth-order valence-electron chi connectivity index (χ4n) is 2.28. The molecule has 1 atom stereocenters. The third-order valence-corrected chi connectivity index (χ3v) is 4.32. The maximum atomic E-state index is 12.2. The number of amides is 1. The van der Waals surface area contributed by atoms with E-state index < -0.39 is 16.1 Å². The lowest BCUT2D eigenvalue weighted by molar-refractivity contribution is -0.122. The number of sulfonamides is 1. The van der Waals surface area contributed by atoms with Gasteiger partial charge in [0.05, 0.1) is 4.90 Å². The van der Waals surface area contributed by atoms with Gasteiger partial charge in [-0.1, -0.05) is 18.2 Å². The van der Waals surface area contributed by atoms with Gasteiger partial charge in [0.2, 0.25) is 10.0 Å². The van der Waals surface area contributed by atoms with Crippen LogP contribution in [-0.2, 0) is 21.2 Å². The quantitative estimate of drug-likeness (QED) is 0.890. The largest absolute Gasteiger partial charge is 0.480 e. The van der Waals surface area contributed by atoms with Gasteiger partial charge >= 0.3 is 0 Å². The van der Waals surface area contributed by atoms with Gasteiger partial charge in [-0.15, -0.1) is 0 Å². The van der Waals surface area contributed by atoms with Crippen molar-refractivity contribution in [1.29, 1.82) is 0 Å². The Kier molecular flexibility index (Phi) is 3.59. The number of fused-ring (bicyclic) bond motifs is 1. The summed E-state index contributed by atoms with van der Waals surface area (Å²) in [6.45, 7) is 0. The van der Waals surface area contributed by atoms with Crippen molar-refractivity contribution in [3.63, 3.8) is 0 Å². The molecule has 0 saturated heterocycles. The fourth-order valence-corrected chi connectivity index (χ4v) is 2.79. The van der Waals surface area contributed by atoms with E-state index in [9.17, 15) is 13.2 Å². The van der Waals surface area contributed by atoms with E-state index in [0.717, 1.165) is 5.56 Å². The van der Waals surface area contributed by atoms with Crippen molar-refractivity contribution in [1.82, 2.24) is 0 Å². The van der Waals surface area contributed by atoms with E-state index in [1.54, 1.807) is 0 Å². The molecule has 3 N–H and O–H groups in total. The Bertz CT molecular complexity index is 791. The van der Waals surface area contributed by atoms with Crippen LogP contribution < -0.4 is 15.2 Å². The third-order valence-electron chi connectivity index (χ3n) is 3.39. The van der Waals surface area contributed by atoms with Gasteiger partial charge in [-0.2, -0.15) is 0 Å². The Morgan fingerprint density at radius 2 is 1.82 bits per heavy atom. The second-order valence-corrected chi connectivity index (χ2v) is 6.54. The van der Waals surface area contributed by atoms with Crippen molar-refractivity contribution < 1.29 is 17.9 Å². The van der Waals surface area contributed by atoms with Gasteiger partial charge in [0.1, 0.15) is 5.75 Å². The van der Waals surface area contributed by atoms with Gasteiger partial charge in [0.25, 0.3) is 5.91 Å². The Morgan fingerprint density at radius 1 is 1.14 bits per heavy atom. The predicted molar refractivity (Wildman–Crippen MR) is 81.0 cm³/mol. The van der Waals surface area contributed by atoms with E-state index in [2.05, 4.69) is 5.32 Å². The molecule has 1 heterocycles. The number of anilines is 1. The molecule has 0 aliphatic carbocycles. The summed E-state index contributed by atoms with van der Waals surface area (Å²) in [5, 5.41) is 7.72. The van der Waals surface area contributed by atoms with Crippen molar-refractivity contribution in [2.45, 2.75) is 17.4 Å². The molecule has 0 spiro atoms. The molecule has 3 rings (SSSR count). The van der Waals surface area contributed by atoms with Crippen molar-refractivity contribution in [3.8, 4) is 5.75 Å². The van der Waals surface area contributed by atoms with Crippen LogP contribution in [0.1, 0.15) is 5.56 Å². The second-order valence-electron chi connectivity index (χ2n) is 4.98. The molecule has 114 valence electrons. The molecule has 0 bridgehead atoms. The molecule has 2 aromatic rings. The fraction of sp³-hybridized carbons (Fsp3) is 0.133. The van der Waals surface area contributed by atoms with Gasteiger partial charge in [0.15, 0.2) is 6.10 Å². The van der Waals surface area contributed by atoms with E-state index in [-0.39, 0.29) is 10.8 Å². The van der Waals surface area contributed by atoms with Crippen LogP contribution in [0.3, 0.4) is 0 Å². The highest BCUT2D eigenvalue weighted by Gasteiger charge is 2.28. The zero-order valence-corrected chi connectivity index (χ0v) is 12.3. The molecule has 0 fully saturated rings. The van der Waals surface area contributed by atoms with Crippen molar-refractivity contribution in [3.05, 3.63) is 54.1 Å². The molecule has 7 heteroatoms. The first kappa shape index (κ1) is 14.6. The van der Waals surface area contributed by atoms with Crippen LogP contribution in [0.2, 0.25) is 0 Å².